The van der Waals surface area contributed by atoms with Crippen LogP contribution in [0.2, 0.25) is 0 Å². The molecule has 2 fully saturated rings. The zero-order valence-corrected chi connectivity index (χ0v) is 12.2. The van der Waals surface area contributed by atoms with E-state index in [1.807, 2.05) is 0 Å². The van der Waals surface area contributed by atoms with E-state index in [9.17, 15) is 0 Å². The maximum Gasteiger partial charge on any atom is 0.0469 e. The molecule has 2 aliphatic heterocycles. The Hall–Kier alpha value is -0.120. The average molecular weight is 254 g/mol. The van der Waals surface area contributed by atoms with E-state index in [0.29, 0.717) is 5.41 Å². The van der Waals surface area contributed by atoms with Crippen LogP contribution in [-0.2, 0) is 4.74 Å². The van der Waals surface area contributed by atoms with Crippen LogP contribution in [0.15, 0.2) is 0 Å². The number of hydrogen-bond donors (Lipinski definition) is 1. The topological polar surface area (TPSA) is 24.5 Å². The molecule has 0 aromatic heterocycles. The molecule has 3 heteroatoms. The molecule has 2 aliphatic rings. The Kier molecular flexibility index (Phi) is 5.46. The summed E-state index contributed by atoms with van der Waals surface area (Å²) < 4.78 is 5.44. The summed E-state index contributed by atoms with van der Waals surface area (Å²) in [6, 6.07) is 0. The monoisotopic (exact) mass is 254 g/mol. The van der Waals surface area contributed by atoms with Gasteiger partial charge in [-0.05, 0) is 50.6 Å². The Labute approximate surface area is 112 Å². The molecule has 3 nitrogen and oxygen atoms in total. The Balaban J connectivity index is 1.78. The highest BCUT2D eigenvalue weighted by Crippen LogP contribution is 2.32. The lowest BCUT2D eigenvalue weighted by atomic mass is 9.82. The van der Waals surface area contributed by atoms with Gasteiger partial charge in [-0.3, -0.25) is 0 Å². The van der Waals surface area contributed by atoms with Gasteiger partial charge in [0.05, 0.1) is 0 Å². The first-order valence-corrected chi connectivity index (χ1v) is 7.71. The van der Waals surface area contributed by atoms with E-state index in [-0.39, 0.29) is 0 Å². The molecule has 0 aliphatic carbocycles. The van der Waals surface area contributed by atoms with E-state index in [1.54, 1.807) is 0 Å². The van der Waals surface area contributed by atoms with Crippen LogP contribution in [0.1, 0.15) is 39.0 Å². The summed E-state index contributed by atoms with van der Waals surface area (Å²) in [6.07, 6.45) is 6.55. The summed E-state index contributed by atoms with van der Waals surface area (Å²) >= 11 is 0. The molecule has 2 heterocycles. The van der Waals surface area contributed by atoms with Crippen molar-refractivity contribution in [3.05, 3.63) is 0 Å². The molecular weight excluding hydrogens is 224 g/mol. The first-order valence-electron chi connectivity index (χ1n) is 7.71. The van der Waals surface area contributed by atoms with Crippen LogP contribution in [0.3, 0.4) is 0 Å². The molecule has 0 aromatic rings. The number of rotatable bonds is 6. The van der Waals surface area contributed by atoms with Gasteiger partial charge in [-0.25, -0.2) is 0 Å². The third-order valence-electron chi connectivity index (χ3n) is 4.63. The number of ether oxygens (including phenoxy) is 1. The Morgan fingerprint density at radius 1 is 1.33 bits per heavy atom. The zero-order chi connectivity index (χ0) is 12.8. The third kappa shape index (κ3) is 3.94. The van der Waals surface area contributed by atoms with Gasteiger partial charge in [-0.2, -0.15) is 0 Å². The van der Waals surface area contributed by atoms with Gasteiger partial charge < -0.3 is 15.0 Å². The lowest BCUT2D eigenvalue weighted by Gasteiger charge is -2.35. The van der Waals surface area contributed by atoms with Crippen molar-refractivity contribution in [1.29, 1.82) is 0 Å². The Morgan fingerprint density at radius 2 is 2.11 bits per heavy atom. The molecular formula is C15H30N2O. The molecule has 0 bridgehead atoms. The fourth-order valence-electron chi connectivity index (χ4n) is 3.76. The predicted molar refractivity (Wildman–Crippen MR) is 75.9 cm³/mol. The minimum absolute atomic E-state index is 0.550. The van der Waals surface area contributed by atoms with Crippen molar-refractivity contribution in [2.24, 2.45) is 11.3 Å². The zero-order valence-electron chi connectivity index (χ0n) is 12.2. The largest absolute Gasteiger partial charge is 0.381 e. The van der Waals surface area contributed by atoms with Gasteiger partial charge >= 0.3 is 0 Å². The SMILES string of the molecule is CCCC1(CN(C)CC2CCOCC2)CCNC1. The normalized spacial score (nSPS) is 30.2. The second-order valence-electron chi connectivity index (χ2n) is 6.43. The lowest BCUT2D eigenvalue weighted by Crippen LogP contribution is -2.40. The van der Waals surface area contributed by atoms with Crippen LogP contribution in [0, 0.1) is 11.3 Å². The van der Waals surface area contributed by atoms with E-state index in [2.05, 4.69) is 24.2 Å². The summed E-state index contributed by atoms with van der Waals surface area (Å²) in [6.45, 7) is 9.23. The molecule has 1 atom stereocenters. The van der Waals surface area contributed by atoms with Gasteiger partial charge in [0, 0.05) is 32.8 Å². The smallest absolute Gasteiger partial charge is 0.0469 e. The van der Waals surface area contributed by atoms with Gasteiger partial charge in [0.15, 0.2) is 0 Å². The predicted octanol–water partition coefficient (Wildman–Crippen LogP) is 2.12. The quantitative estimate of drug-likeness (QED) is 0.786. The van der Waals surface area contributed by atoms with Gasteiger partial charge in [-0.1, -0.05) is 13.3 Å². The van der Waals surface area contributed by atoms with Crippen molar-refractivity contribution in [2.45, 2.75) is 39.0 Å². The maximum absolute atomic E-state index is 5.44. The summed E-state index contributed by atoms with van der Waals surface area (Å²) in [4.78, 5) is 2.58. The van der Waals surface area contributed by atoms with Gasteiger partial charge in [0.1, 0.15) is 0 Å². The van der Waals surface area contributed by atoms with Gasteiger partial charge in [0.25, 0.3) is 0 Å². The second-order valence-corrected chi connectivity index (χ2v) is 6.43. The maximum atomic E-state index is 5.44. The van der Waals surface area contributed by atoms with E-state index in [0.717, 1.165) is 19.1 Å². The van der Waals surface area contributed by atoms with Crippen molar-refractivity contribution in [2.75, 3.05) is 46.4 Å². The molecule has 0 aromatic carbocycles. The number of nitrogens with one attached hydrogen (secondary N) is 1. The van der Waals surface area contributed by atoms with Crippen molar-refractivity contribution < 1.29 is 4.74 Å². The molecule has 1 unspecified atom stereocenters. The first kappa shape index (κ1) is 14.3. The molecule has 0 radical (unpaired) electrons. The van der Waals surface area contributed by atoms with Crippen LogP contribution in [0.4, 0.5) is 0 Å². The second kappa shape index (κ2) is 6.88. The third-order valence-corrected chi connectivity index (χ3v) is 4.63. The van der Waals surface area contributed by atoms with Gasteiger partial charge in [0.2, 0.25) is 0 Å². The van der Waals surface area contributed by atoms with Crippen LogP contribution in [0.25, 0.3) is 0 Å². The standard InChI is InChI=1S/C15H30N2O/c1-3-6-15(7-8-16-12-15)13-17(2)11-14-4-9-18-10-5-14/h14,16H,3-13H2,1-2H3. The molecule has 106 valence electrons. The van der Waals surface area contributed by atoms with Crippen molar-refractivity contribution in [3.63, 3.8) is 0 Å². The summed E-state index contributed by atoms with van der Waals surface area (Å²) in [7, 11) is 2.31. The van der Waals surface area contributed by atoms with Gasteiger partial charge in [-0.15, -0.1) is 0 Å². The first-order chi connectivity index (χ1) is 8.74. The molecule has 18 heavy (non-hydrogen) atoms. The lowest BCUT2D eigenvalue weighted by molar-refractivity contribution is 0.0497. The van der Waals surface area contributed by atoms with E-state index in [1.165, 1.54) is 58.3 Å². The molecule has 0 spiro atoms. The molecule has 2 saturated heterocycles. The molecule has 1 N–H and O–H groups in total. The highest BCUT2D eigenvalue weighted by molar-refractivity contribution is 4.90. The van der Waals surface area contributed by atoms with E-state index in [4.69, 9.17) is 4.74 Å². The fourth-order valence-corrected chi connectivity index (χ4v) is 3.76. The number of hydrogen-bond acceptors (Lipinski definition) is 3. The van der Waals surface area contributed by atoms with Crippen molar-refractivity contribution in [1.82, 2.24) is 10.2 Å². The van der Waals surface area contributed by atoms with E-state index >= 15 is 0 Å². The summed E-state index contributed by atoms with van der Waals surface area (Å²) in [5.41, 5.74) is 0.550. The highest BCUT2D eigenvalue weighted by Gasteiger charge is 2.34. The molecule has 0 amide bonds. The Morgan fingerprint density at radius 3 is 2.72 bits per heavy atom. The minimum Gasteiger partial charge on any atom is -0.381 e. The van der Waals surface area contributed by atoms with Crippen molar-refractivity contribution >= 4 is 0 Å². The molecule has 2 rings (SSSR count). The van der Waals surface area contributed by atoms with Crippen molar-refractivity contribution in [3.8, 4) is 0 Å². The van der Waals surface area contributed by atoms with Crippen LogP contribution in [0.5, 0.6) is 0 Å². The average Bonchev–Trinajstić information content (AvgIpc) is 2.79. The Bertz CT molecular complexity index is 233. The number of nitrogens with zero attached hydrogens (tertiary/aromatic N) is 1. The molecule has 0 saturated carbocycles. The summed E-state index contributed by atoms with van der Waals surface area (Å²) in [5.74, 6) is 0.858. The summed E-state index contributed by atoms with van der Waals surface area (Å²) in [5, 5.41) is 3.56. The highest BCUT2D eigenvalue weighted by atomic mass is 16.5. The van der Waals surface area contributed by atoms with Crippen LogP contribution < -0.4 is 5.32 Å². The van der Waals surface area contributed by atoms with Crippen LogP contribution >= 0.6 is 0 Å². The fraction of sp³-hybridized carbons (Fsp3) is 1.00. The van der Waals surface area contributed by atoms with Crippen LogP contribution in [-0.4, -0.2) is 51.3 Å². The minimum atomic E-state index is 0.550. The van der Waals surface area contributed by atoms with E-state index < -0.39 is 0 Å².